The molecule has 2 heterocycles. The van der Waals surface area contributed by atoms with E-state index in [1.165, 1.54) is 19.3 Å². The minimum absolute atomic E-state index is 0.0311. The summed E-state index contributed by atoms with van der Waals surface area (Å²) < 4.78 is 0. The molecule has 0 saturated carbocycles. The molecule has 1 aromatic carbocycles. The van der Waals surface area contributed by atoms with Crippen LogP contribution in [0.2, 0.25) is 5.02 Å². The highest BCUT2D eigenvalue weighted by Crippen LogP contribution is 2.25. The maximum Gasteiger partial charge on any atom is 0.274 e. The molecular weight excluding hydrogens is 354 g/mol. The van der Waals surface area contributed by atoms with Gasteiger partial charge in [0.1, 0.15) is 11.5 Å². The Balaban J connectivity index is 1.65. The number of benzene rings is 1. The SMILES string of the molecule is CC(=O)N1CCN(C(=O)c2cnc(Nc3cccc(Cl)c3C)cn2)CC1. The van der Waals surface area contributed by atoms with Crippen molar-refractivity contribution in [1.82, 2.24) is 19.8 Å². The molecule has 2 amide bonds. The van der Waals surface area contributed by atoms with Crippen molar-refractivity contribution in [2.75, 3.05) is 31.5 Å². The van der Waals surface area contributed by atoms with Crippen molar-refractivity contribution in [2.45, 2.75) is 13.8 Å². The summed E-state index contributed by atoms with van der Waals surface area (Å²) >= 11 is 6.11. The van der Waals surface area contributed by atoms with Crippen molar-refractivity contribution in [3.63, 3.8) is 0 Å². The number of piperazine rings is 1. The molecular formula is C18H20ClN5O2. The molecule has 1 N–H and O–H groups in total. The van der Waals surface area contributed by atoms with Crippen molar-refractivity contribution in [3.8, 4) is 0 Å². The highest BCUT2D eigenvalue weighted by Gasteiger charge is 2.24. The van der Waals surface area contributed by atoms with Crippen LogP contribution in [-0.2, 0) is 4.79 Å². The molecule has 1 saturated heterocycles. The number of halogens is 1. The lowest BCUT2D eigenvalue weighted by Gasteiger charge is -2.33. The fourth-order valence-corrected chi connectivity index (χ4v) is 2.94. The van der Waals surface area contributed by atoms with E-state index in [2.05, 4.69) is 15.3 Å². The molecule has 1 aliphatic rings. The molecule has 1 aromatic heterocycles. The fraction of sp³-hybridized carbons (Fsp3) is 0.333. The highest BCUT2D eigenvalue weighted by molar-refractivity contribution is 6.31. The summed E-state index contributed by atoms with van der Waals surface area (Å²) in [7, 11) is 0. The van der Waals surface area contributed by atoms with Crippen LogP contribution in [0, 0.1) is 6.92 Å². The Bertz CT molecular complexity index is 817. The largest absolute Gasteiger partial charge is 0.339 e. The van der Waals surface area contributed by atoms with Crippen LogP contribution >= 0.6 is 11.6 Å². The van der Waals surface area contributed by atoms with Gasteiger partial charge in [0.15, 0.2) is 0 Å². The molecule has 1 aliphatic heterocycles. The van der Waals surface area contributed by atoms with Crippen molar-refractivity contribution >= 4 is 34.9 Å². The normalized spacial score (nSPS) is 14.3. The summed E-state index contributed by atoms with van der Waals surface area (Å²) in [6.45, 7) is 5.54. The van der Waals surface area contributed by atoms with Gasteiger partial charge in [0.2, 0.25) is 5.91 Å². The smallest absolute Gasteiger partial charge is 0.274 e. The van der Waals surface area contributed by atoms with Crippen LogP contribution in [0.1, 0.15) is 23.0 Å². The number of nitrogens with one attached hydrogen (secondary N) is 1. The zero-order valence-corrected chi connectivity index (χ0v) is 15.5. The number of carbonyl (C=O) groups is 2. The maximum atomic E-state index is 12.5. The summed E-state index contributed by atoms with van der Waals surface area (Å²) in [5.74, 6) is 0.392. The zero-order chi connectivity index (χ0) is 18.7. The van der Waals surface area contributed by atoms with E-state index in [-0.39, 0.29) is 17.5 Å². The third-order valence-electron chi connectivity index (χ3n) is 4.41. The molecule has 0 radical (unpaired) electrons. The second-order valence-electron chi connectivity index (χ2n) is 6.12. The first-order valence-corrected chi connectivity index (χ1v) is 8.72. The van der Waals surface area contributed by atoms with Gasteiger partial charge < -0.3 is 15.1 Å². The second kappa shape index (κ2) is 7.70. The van der Waals surface area contributed by atoms with E-state index in [1.807, 2.05) is 25.1 Å². The van der Waals surface area contributed by atoms with Gasteiger partial charge >= 0.3 is 0 Å². The first-order valence-electron chi connectivity index (χ1n) is 8.34. The van der Waals surface area contributed by atoms with E-state index in [9.17, 15) is 9.59 Å². The predicted octanol–water partition coefficient (Wildman–Crippen LogP) is 2.49. The number of hydrogen-bond acceptors (Lipinski definition) is 5. The van der Waals surface area contributed by atoms with Crippen molar-refractivity contribution < 1.29 is 9.59 Å². The number of aromatic nitrogens is 2. The van der Waals surface area contributed by atoms with Crippen molar-refractivity contribution in [2.24, 2.45) is 0 Å². The highest BCUT2D eigenvalue weighted by atomic mass is 35.5. The lowest BCUT2D eigenvalue weighted by molar-refractivity contribution is -0.130. The van der Waals surface area contributed by atoms with Gasteiger partial charge in [-0.15, -0.1) is 0 Å². The second-order valence-corrected chi connectivity index (χ2v) is 6.53. The Hall–Kier alpha value is -2.67. The van der Waals surface area contributed by atoms with E-state index in [0.717, 1.165) is 11.3 Å². The van der Waals surface area contributed by atoms with Crippen LogP contribution in [0.25, 0.3) is 0 Å². The molecule has 8 heteroatoms. The quantitative estimate of drug-likeness (QED) is 0.894. The van der Waals surface area contributed by atoms with E-state index >= 15 is 0 Å². The van der Waals surface area contributed by atoms with Gasteiger partial charge in [0, 0.05) is 43.8 Å². The Labute approximate surface area is 157 Å². The molecule has 0 unspecified atom stereocenters. The summed E-state index contributed by atoms with van der Waals surface area (Å²) in [6, 6.07) is 5.57. The molecule has 26 heavy (non-hydrogen) atoms. The molecule has 0 spiro atoms. The van der Waals surface area contributed by atoms with Gasteiger partial charge in [-0.2, -0.15) is 0 Å². The average Bonchev–Trinajstić information content (AvgIpc) is 2.65. The first kappa shape index (κ1) is 18.1. The van der Waals surface area contributed by atoms with Gasteiger partial charge in [-0.25, -0.2) is 9.97 Å². The molecule has 3 rings (SSSR count). The first-order chi connectivity index (χ1) is 12.5. The van der Waals surface area contributed by atoms with Gasteiger partial charge in [-0.05, 0) is 24.6 Å². The summed E-state index contributed by atoms with van der Waals surface area (Å²) in [6.07, 6.45) is 2.99. The van der Waals surface area contributed by atoms with Gasteiger partial charge in [0.05, 0.1) is 12.4 Å². The Morgan fingerprint density at radius 3 is 2.38 bits per heavy atom. The summed E-state index contributed by atoms with van der Waals surface area (Å²) in [5.41, 5.74) is 2.04. The van der Waals surface area contributed by atoms with Crippen LogP contribution in [0.5, 0.6) is 0 Å². The van der Waals surface area contributed by atoms with Crippen molar-refractivity contribution in [1.29, 1.82) is 0 Å². The topological polar surface area (TPSA) is 78.4 Å². The van der Waals surface area contributed by atoms with E-state index in [0.29, 0.717) is 37.0 Å². The summed E-state index contributed by atoms with van der Waals surface area (Å²) in [4.78, 5) is 35.8. The zero-order valence-electron chi connectivity index (χ0n) is 14.7. The minimum atomic E-state index is -0.175. The third-order valence-corrected chi connectivity index (χ3v) is 4.82. The summed E-state index contributed by atoms with van der Waals surface area (Å²) in [5, 5.41) is 3.82. The van der Waals surface area contributed by atoms with Crippen LogP contribution in [0.15, 0.2) is 30.6 Å². The van der Waals surface area contributed by atoms with E-state index in [4.69, 9.17) is 11.6 Å². The number of hydrogen-bond donors (Lipinski definition) is 1. The molecule has 2 aromatic rings. The van der Waals surface area contributed by atoms with Crippen LogP contribution in [-0.4, -0.2) is 57.8 Å². The fourth-order valence-electron chi connectivity index (χ4n) is 2.77. The Kier molecular flexibility index (Phi) is 5.37. The molecule has 0 aliphatic carbocycles. The molecule has 1 fully saturated rings. The molecule has 0 atom stereocenters. The van der Waals surface area contributed by atoms with Crippen LogP contribution < -0.4 is 5.32 Å². The standard InChI is InChI=1S/C18H20ClN5O2/c1-12-14(19)4-3-5-15(12)22-17-11-20-16(10-21-17)18(26)24-8-6-23(7-9-24)13(2)25/h3-5,10-11H,6-9H2,1-2H3,(H,21,22). The van der Waals surface area contributed by atoms with E-state index in [1.54, 1.807) is 9.80 Å². The number of nitrogens with zero attached hydrogens (tertiary/aromatic N) is 4. The minimum Gasteiger partial charge on any atom is -0.339 e. The molecule has 7 nitrogen and oxygen atoms in total. The number of carbonyl (C=O) groups excluding carboxylic acids is 2. The van der Waals surface area contributed by atoms with Gasteiger partial charge in [-0.3, -0.25) is 9.59 Å². The van der Waals surface area contributed by atoms with Gasteiger partial charge in [0.25, 0.3) is 5.91 Å². The van der Waals surface area contributed by atoms with E-state index < -0.39 is 0 Å². The number of anilines is 2. The predicted molar refractivity (Wildman–Crippen MR) is 99.7 cm³/mol. The monoisotopic (exact) mass is 373 g/mol. The average molecular weight is 374 g/mol. The third kappa shape index (κ3) is 3.94. The maximum absolute atomic E-state index is 12.5. The molecule has 136 valence electrons. The Morgan fingerprint density at radius 2 is 1.77 bits per heavy atom. The number of rotatable bonds is 3. The van der Waals surface area contributed by atoms with Crippen LogP contribution in [0.3, 0.4) is 0 Å². The van der Waals surface area contributed by atoms with Crippen LogP contribution in [0.4, 0.5) is 11.5 Å². The lowest BCUT2D eigenvalue weighted by Crippen LogP contribution is -2.50. The number of amides is 2. The van der Waals surface area contributed by atoms with Crippen molar-refractivity contribution in [3.05, 3.63) is 46.9 Å². The Morgan fingerprint density at radius 1 is 1.08 bits per heavy atom. The van der Waals surface area contributed by atoms with Gasteiger partial charge in [-0.1, -0.05) is 17.7 Å². The molecule has 0 bridgehead atoms. The lowest BCUT2D eigenvalue weighted by atomic mass is 10.2.